The predicted octanol–water partition coefficient (Wildman–Crippen LogP) is 2.78. The molecule has 0 saturated carbocycles. The van der Waals surface area contributed by atoms with Gasteiger partial charge in [-0.25, -0.2) is 0 Å². The number of nitrogens with zero attached hydrogens (tertiary/aromatic N) is 2. The summed E-state index contributed by atoms with van der Waals surface area (Å²) in [6.07, 6.45) is 3.60. The SMILES string of the molecule is [Tm].c1cnc2c(c1)ccc1cccnc12. The van der Waals surface area contributed by atoms with Crippen molar-refractivity contribution in [1.29, 1.82) is 0 Å². The van der Waals surface area contributed by atoms with Crippen molar-refractivity contribution < 1.29 is 36.9 Å². The molecule has 0 bridgehead atoms. The van der Waals surface area contributed by atoms with Crippen LogP contribution in [0.2, 0.25) is 0 Å². The van der Waals surface area contributed by atoms with Crippen LogP contribution < -0.4 is 0 Å². The van der Waals surface area contributed by atoms with E-state index >= 15 is 0 Å². The molecule has 0 aliphatic heterocycles. The average molecular weight is 349 g/mol. The average Bonchev–Trinajstić information content (AvgIpc) is 2.29. The third-order valence-corrected chi connectivity index (χ3v) is 2.34. The van der Waals surface area contributed by atoms with Crippen LogP contribution in [-0.2, 0) is 0 Å². The van der Waals surface area contributed by atoms with Crippen molar-refractivity contribution in [2.75, 3.05) is 0 Å². The smallest absolute Gasteiger partial charge is 0.0964 e. The first-order valence-corrected chi connectivity index (χ1v) is 4.53. The maximum Gasteiger partial charge on any atom is 0.0964 e. The molecule has 0 aliphatic rings. The van der Waals surface area contributed by atoms with Crippen molar-refractivity contribution in [3.05, 3.63) is 48.8 Å². The first-order chi connectivity index (χ1) is 6.95. The monoisotopic (exact) mass is 349 g/mol. The Morgan fingerprint density at radius 1 is 0.667 bits per heavy atom. The van der Waals surface area contributed by atoms with Gasteiger partial charge in [0.15, 0.2) is 0 Å². The molecule has 0 aliphatic carbocycles. The second-order valence-electron chi connectivity index (χ2n) is 3.22. The third kappa shape index (κ3) is 1.84. The Bertz CT molecular complexity index is 553. The number of hydrogen-bond acceptors (Lipinski definition) is 2. The predicted molar refractivity (Wildman–Crippen MR) is 57.0 cm³/mol. The Morgan fingerprint density at radius 3 is 1.60 bits per heavy atom. The molecule has 3 rings (SSSR count). The van der Waals surface area contributed by atoms with Gasteiger partial charge < -0.3 is 0 Å². The summed E-state index contributed by atoms with van der Waals surface area (Å²) in [5, 5.41) is 2.28. The second-order valence-corrected chi connectivity index (χ2v) is 3.22. The van der Waals surface area contributed by atoms with Crippen molar-refractivity contribution >= 4 is 21.8 Å². The van der Waals surface area contributed by atoms with Gasteiger partial charge in [0.2, 0.25) is 0 Å². The number of fused-ring (bicyclic) bond motifs is 3. The topological polar surface area (TPSA) is 25.8 Å². The van der Waals surface area contributed by atoms with Gasteiger partial charge in [0.05, 0.1) is 11.0 Å². The number of pyridine rings is 2. The molecule has 0 spiro atoms. The molecule has 0 atom stereocenters. The Hall–Kier alpha value is -0.726. The molecule has 1 aromatic carbocycles. The number of rotatable bonds is 0. The summed E-state index contributed by atoms with van der Waals surface area (Å²) in [7, 11) is 0. The molecule has 0 N–H and O–H groups in total. The fourth-order valence-corrected chi connectivity index (χ4v) is 1.68. The van der Waals surface area contributed by atoms with Crippen LogP contribution in [0.4, 0.5) is 0 Å². The van der Waals surface area contributed by atoms with Crippen LogP contribution in [0.3, 0.4) is 0 Å². The number of aromatic nitrogens is 2. The minimum Gasteiger partial charge on any atom is -0.254 e. The van der Waals surface area contributed by atoms with E-state index in [0.717, 1.165) is 21.8 Å². The minimum atomic E-state index is 0. The van der Waals surface area contributed by atoms with E-state index in [1.54, 1.807) is 12.4 Å². The van der Waals surface area contributed by atoms with Crippen molar-refractivity contribution in [3.8, 4) is 0 Å². The van der Waals surface area contributed by atoms with Crippen LogP contribution in [-0.4, -0.2) is 9.97 Å². The van der Waals surface area contributed by atoms with Crippen LogP contribution in [0.1, 0.15) is 0 Å². The van der Waals surface area contributed by atoms with Crippen LogP contribution in [0.15, 0.2) is 48.8 Å². The summed E-state index contributed by atoms with van der Waals surface area (Å²) in [6, 6.07) is 12.1. The molecule has 2 heterocycles. The molecule has 15 heavy (non-hydrogen) atoms. The van der Waals surface area contributed by atoms with Crippen LogP contribution >= 0.6 is 0 Å². The van der Waals surface area contributed by atoms with Gasteiger partial charge in [0.1, 0.15) is 0 Å². The van der Waals surface area contributed by atoms with Gasteiger partial charge in [-0.15, -0.1) is 0 Å². The maximum atomic E-state index is 4.35. The zero-order chi connectivity index (χ0) is 9.38. The molecule has 0 unspecified atom stereocenters. The molecule has 3 heteroatoms. The maximum absolute atomic E-state index is 4.35. The van der Waals surface area contributed by atoms with Crippen LogP contribution in [0.5, 0.6) is 0 Å². The number of hydrogen-bond donors (Lipinski definition) is 0. The van der Waals surface area contributed by atoms with Gasteiger partial charge in [0.25, 0.3) is 0 Å². The van der Waals surface area contributed by atoms with Crippen molar-refractivity contribution in [3.63, 3.8) is 0 Å². The van der Waals surface area contributed by atoms with Crippen molar-refractivity contribution in [1.82, 2.24) is 9.97 Å². The Balaban J connectivity index is 0.000000853. The molecule has 0 saturated heterocycles. The van der Waals surface area contributed by atoms with E-state index in [0.29, 0.717) is 0 Å². The Labute approximate surface area is 117 Å². The summed E-state index contributed by atoms with van der Waals surface area (Å²) in [6.45, 7) is 0. The fourth-order valence-electron chi connectivity index (χ4n) is 1.68. The molecule has 0 amide bonds. The third-order valence-electron chi connectivity index (χ3n) is 2.34. The van der Waals surface area contributed by atoms with Gasteiger partial charge in [-0.05, 0) is 12.1 Å². The molecular weight excluding hydrogens is 341 g/mol. The molecule has 2 nitrogen and oxygen atoms in total. The zero-order valence-corrected chi connectivity index (χ0v) is 9.57. The normalized spacial score (nSPS) is 10.1. The summed E-state index contributed by atoms with van der Waals surface area (Å²) in [5.41, 5.74) is 1.95. The van der Waals surface area contributed by atoms with Gasteiger partial charge in [0, 0.05) is 60.0 Å². The summed E-state index contributed by atoms with van der Waals surface area (Å²) >= 11 is 0. The first-order valence-electron chi connectivity index (χ1n) is 4.53. The van der Waals surface area contributed by atoms with E-state index in [-0.39, 0.29) is 36.9 Å². The van der Waals surface area contributed by atoms with E-state index in [4.69, 9.17) is 0 Å². The van der Waals surface area contributed by atoms with E-state index in [1.807, 2.05) is 12.1 Å². The summed E-state index contributed by atoms with van der Waals surface area (Å²) < 4.78 is 0. The Kier molecular flexibility index (Phi) is 3.18. The first kappa shape index (κ1) is 10.8. The van der Waals surface area contributed by atoms with E-state index < -0.39 is 0 Å². The van der Waals surface area contributed by atoms with E-state index in [2.05, 4.69) is 34.2 Å². The van der Waals surface area contributed by atoms with Crippen molar-refractivity contribution in [2.45, 2.75) is 0 Å². The molecule has 2 aromatic heterocycles. The van der Waals surface area contributed by atoms with Gasteiger partial charge in [-0.2, -0.15) is 0 Å². The van der Waals surface area contributed by atoms with Gasteiger partial charge in [-0.1, -0.05) is 24.3 Å². The quantitative estimate of drug-likeness (QED) is 0.584. The zero-order valence-electron chi connectivity index (χ0n) is 7.79. The molecular formula is C12H8N2Tm. The molecule has 1 radical (unpaired) electrons. The molecule has 79 valence electrons. The Morgan fingerprint density at radius 2 is 1.13 bits per heavy atom. The van der Waals surface area contributed by atoms with Gasteiger partial charge >= 0.3 is 0 Å². The van der Waals surface area contributed by atoms with Crippen LogP contribution in [0, 0.1) is 36.9 Å². The van der Waals surface area contributed by atoms with Gasteiger partial charge in [-0.3, -0.25) is 9.97 Å². The van der Waals surface area contributed by atoms with Crippen LogP contribution in [0.25, 0.3) is 21.8 Å². The van der Waals surface area contributed by atoms with E-state index in [9.17, 15) is 0 Å². The largest absolute Gasteiger partial charge is 0.254 e. The van der Waals surface area contributed by atoms with Crippen molar-refractivity contribution in [2.24, 2.45) is 0 Å². The molecule has 3 aromatic rings. The fraction of sp³-hybridized carbons (Fsp3) is 0. The standard InChI is InChI=1S/C12H8N2.Tm/c1-3-9-5-6-10-4-2-8-14-12(10)11(9)13-7-1;/h1-8H;. The minimum absolute atomic E-state index is 0. The molecule has 0 fully saturated rings. The number of benzene rings is 1. The summed E-state index contributed by atoms with van der Waals surface area (Å²) in [5.74, 6) is 0. The summed E-state index contributed by atoms with van der Waals surface area (Å²) in [4.78, 5) is 8.69. The second kappa shape index (κ2) is 4.42. The van der Waals surface area contributed by atoms with E-state index in [1.165, 1.54) is 0 Å².